The molecule has 0 bridgehead atoms. The van der Waals surface area contributed by atoms with Gasteiger partial charge in [-0.15, -0.1) is 0 Å². The van der Waals surface area contributed by atoms with E-state index < -0.39 is 35.5 Å². The number of halogens is 3. The Morgan fingerprint density at radius 2 is 1.95 bits per heavy atom. The Morgan fingerprint density at radius 3 is 2.47 bits per heavy atom. The summed E-state index contributed by atoms with van der Waals surface area (Å²) in [6.45, 7) is 0. The lowest BCUT2D eigenvalue weighted by Crippen LogP contribution is -2.17. The van der Waals surface area contributed by atoms with Gasteiger partial charge in [-0.25, -0.2) is 0 Å². The summed E-state index contributed by atoms with van der Waals surface area (Å²) in [4.78, 5) is 22.2. The van der Waals surface area contributed by atoms with E-state index in [1.807, 2.05) is 0 Å². The topological polar surface area (TPSA) is 66.4 Å². The van der Waals surface area contributed by atoms with E-state index in [1.54, 1.807) is 0 Å². The standard InChI is InChI=1S/C12H10F3NO3/c13-12(14,15)6-2-1-3-7(4-6)16-10(17)8-5-9(8)11(18)19/h1-4,8-9H,5H2,(H,16,17)(H,18,19)/t8-,9-/m1/s1. The molecule has 7 heteroatoms. The summed E-state index contributed by atoms with van der Waals surface area (Å²) in [7, 11) is 0. The predicted octanol–water partition coefficient (Wildman–Crippen LogP) is 2.36. The van der Waals surface area contributed by atoms with Crippen LogP contribution in [-0.2, 0) is 15.8 Å². The van der Waals surface area contributed by atoms with E-state index in [1.165, 1.54) is 12.1 Å². The number of alkyl halides is 3. The van der Waals surface area contributed by atoms with Crippen molar-refractivity contribution >= 4 is 17.6 Å². The molecule has 0 radical (unpaired) electrons. The van der Waals surface area contributed by atoms with Crippen LogP contribution in [-0.4, -0.2) is 17.0 Å². The second kappa shape index (κ2) is 4.56. The Hall–Kier alpha value is -2.05. The summed E-state index contributed by atoms with van der Waals surface area (Å²) in [6, 6.07) is 4.22. The van der Waals surface area contributed by atoms with Crippen molar-refractivity contribution in [3.8, 4) is 0 Å². The molecular formula is C12H10F3NO3. The summed E-state index contributed by atoms with van der Waals surface area (Å²) in [5.41, 5.74) is -0.855. The highest BCUT2D eigenvalue weighted by Gasteiger charge is 2.48. The van der Waals surface area contributed by atoms with Crippen LogP contribution in [0.25, 0.3) is 0 Å². The van der Waals surface area contributed by atoms with Crippen molar-refractivity contribution < 1.29 is 27.9 Å². The summed E-state index contributed by atoms with van der Waals surface area (Å²) in [5.74, 6) is -3.02. The molecule has 2 atom stereocenters. The Morgan fingerprint density at radius 1 is 1.26 bits per heavy atom. The van der Waals surface area contributed by atoms with Gasteiger partial charge in [0.15, 0.2) is 0 Å². The number of carboxylic acid groups (broad SMARTS) is 1. The largest absolute Gasteiger partial charge is 0.481 e. The molecule has 1 saturated carbocycles. The van der Waals surface area contributed by atoms with Crippen molar-refractivity contribution in [3.63, 3.8) is 0 Å². The number of carbonyl (C=O) groups excluding carboxylic acids is 1. The van der Waals surface area contributed by atoms with Crippen LogP contribution in [0.2, 0.25) is 0 Å². The zero-order chi connectivity index (χ0) is 14.2. The third-order valence-corrected chi connectivity index (χ3v) is 2.90. The van der Waals surface area contributed by atoms with Gasteiger partial charge in [0.05, 0.1) is 17.4 Å². The number of rotatable bonds is 3. The Balaban J connectivity index is 2.04. The summed E-state index contributed by atoms with van der Waals surface area (Å²) in [6.07, 6.45) is -4.26. The summed E-state index contributed by atoms with van der Waals surface area (Å²) in [5, 5.41) is 11.0. The van der Waals surface area contributed by atoms with Crippen LogP contribution in [0.5, 0.6) is 0 Å². The van der Waals surface area contributed by atoms with Crippen molar-refractivity contribution in [3.05, 3.63) is 29.8 Å². The van der Waals surface area contributed by atoms with E-state index >= 15 is 0 Å². The molecule has 19 heavy (non-hydrogen) atoms. The molecule has 0 aliphatic heterocycles. The summed E-state index contributed by atoms with van der Waals surface area (Å²) < 4.78 is 37.4. The number of benzene rings is 1. The van der Waals surface area contributed by atoms with E-state index in [0.717, 1.165) is 12.1 Å². The molecule has 0 heterocycles. The lowest BCUT2D eigenvalue weighted by molar-refractivity contribution is -0.139. The number of hydrogen-bond acceptors (Lipinski definition) is 2. The molecule has 4 nitrogen and oxygen atoms in total. The fourth-order valence-electron chi connectivity index (χ4n) is 1.77. The molecule has 1 aliphatic carbocycles. The first-order valence-corrected chi connectivity index (χ1v) is 5.50. The average Bonchev–Trinajstić information content (AvgIpc) is 3.08. The minimum absolute atomic E-state index is 0.0101. The first kappa shape index (κ1) is 13.4. The first-order chi connectivity index (χ1) is 8.79. The highest BCUT2D eigenvalue weighted by Crippen LogP contribution is 2.39. The molecular weight excluding hydrogens is 263 g/mol. The fourth-order valence-corrected chi connectivity index (χ4v) is 1.77. The molecule has 1 fully saturated rings. The third kappa shape index (κ3) is 3.04. The van der Waals surface area contributed by atoms with Gasteiger partial charge in [-0.05, 0) is 24.6 Å². The van der Waals surface area contributed by atoms with E-state index in [9.17, 15) is 22.8 Å². The van der Waals surface area contributed by atoms with Crippen molar-refractivity contribution in [2.75, 3.05) is 5.32 Å². The molecule has 1 aliphatic rings. The number of aliphatic carboxylic acids is 1. The zero-order valence-electron chi connectivity index (χ0n) is 9.57. The van der Waals surface area contributed by atoms with E-state index in [-0.39, 0.29) is 12.1 Å². The Bertz CT molecular complexity index is 527. The van der Waals surface area contributed by atoms with Gasteiger partial charge in [0.25, 0.3) is 0 Å². The predicted molar refractivity (Wildman–Crippen MR) is 59.3 cm³/mol. The maximum Gasteiger partial charge on any atom is 0.416 e. The molecule has 0 spiro atoms. The fraction of sp³-hybridized carbons (Fsp3) is 0.333. The quantitative estimate of drug-likeness (QED) is 0.888. The van der Waals surface area contributed by atoms with E-state index in [0.29, 0.717) is 0 Å². The Kier molecular flexibility index (Phi) is 3.21. The minimum atomic E-state index is -4.48. The molecule has 2 rings (SSSR count). The number of amides is 1. The Labute approximate surface area is 106 Å². The zero-order valence-corrected chi connectivity index (χ0v) is 9.57. The van der Waals surface area contributed by atoms with Gasteiger partial charge in [0.1, 0.15) is 0 Å². The molecule has 0 aromatic heterocycles. The van der Waals surface area contributed by atoms with Crippen LogP contribution in [0.3, 0.4) is 0 Å². The highest BCUT2D eigenvalue weighted by molar-refractivity contribution is 5.98. The van der Waals surface area contributed by atoms with Crippen LogP contribution in [0.1, 0.15) is 12.0 Å². The third-order valence-electron chi connectivity index (χ3n) is 2.90. The van der Waals surface area contributed by atoms with E-state index in [4.69, 9.17) is 5.11 Å². The van der Waals surface area contributed by atoms with Crippen LogP contribution in [0, 0.1) is 11.8 Å². The smallest absolute Gasteiger partial charge is 0.416 e. The van der Waals surface area contributed by atoms with E-state index in [2.05, 4.69) is 5.32 Å². The molecule has 2 N–H and O–H groups in total. The van der Waals surface area contributed by atoms with Crippen molar-refractivity contribution in [1.82, 2.24) is 0 Å². The lowest BCUT2D eigenvalue weighted by atomic mass is 10.2. The van der Waals surface area contributed by atoms with Crippen molar-refractivity contribution in [2.45, 2.75) is 12.6 Å². The second-order valence-corrected chi connectivity index (χ2v) is 4.35. The van der Waals surface area contributed by atoms with Gasteiger partial charge in [0.2, 0.25) is 5.91 Å². The number of nitrogens with one attached hydrogen (secondary N) is 1. The van der Waals surface area contributed by atoms with Crippen LogP contribution < -0.4 is 5.32 Å². The van der Waals surface area contributed by atoms with Crippen molar-refractivity contribution in [1.29, 1.82) is 0 Å². The molecule has 0 saturated heterocycles. The van der Waals surface area contributed by atoms with Crippen molar-refractivity contribution in [2.24, 2.45) is 11.8 Å². The van der Waals surface area contributed by atoms with Gasteiger partial charge in [-0.1, -0.05) is 6.07 Å². The van der Waals surface area contributed by atoms with Gasteiger partial charge in [-0.2, -0.15) is 13.2 Å². The molecule has 1 aromatic rings. The first-order valence-electron chi connectivity index (χ1n) is 5.50. The number of hydrogen-bond donors (Lipinski definition) is 2. The van der Waals surface area contributed by atoms with Crippen LogP contribution in [0.4, 0.5) is 18.9 Å². The normalized spacial score (nSPS) is 21.8. The molecule has 0 unspecified atom stereocenters. The number of carboxylic acids is 1. The number of anilines is 1. The molecule has 1 aromatic carbocycles. The molecule has 1 amide bonds. The maximum absolute atomic E-state index is 12.5. The maximum atomic E-state index is 12.5. The highest BCUT2D eigenvalue weighted by atomic mass is 19.4. The van der Waals surface area contributed by atoms with Gasteiger partial charge in [-0.3, -0.25) is 9.59 Å². The van der Waals surface area contributed by atoms with Gasteiger partial charge < -0.3 is 10.4 Å². The average molecular weight is 273 g/mol. The minimum Gasteiger partial charge on any atom is -0.481 e. The van der Waals surface area contributed by atoms with Gasteiger partial charge in [0, 0.05) is 5.69 Å². The van der Waals surface area contributed by atoms with Crippen LogP contribution >= 0.6 is 0 Å². The lowest BCUT2D eigenvalue weighted by Gasteiger charge is -2.09. The second-order valence-electron chi connectivity index (χ2n) is 4.35. The monoisotopic (exact) mass is 273 g/mol. The SMILES string of the molecule is O=C(O)[C@@H]1C[C@H]1C(=O)Nc1cccc(C(F)(F)F)c1. The van der Waals surface area contributed by atoms with Gasteiger partial charge >= 0.3 is 12.1 Å². The van der Waals surface area contributed by atoms with Crippen LogP contribution in [0.15, 0.2) is 24.3 Å². The summed E-state index contributed by atoms with van der Waals surface area (Å²) >= 11 is 0. The molecule has 102 valence electrons. The number of carbonyl (C=O) groups is 2.